The van der Waals surface area contributed by atoms with E-state index in [2.05, 4.69) is 34.1 Å². The van der Waals surface area contributed by atoms with Crippen LogP contribution in [0, 0.1) is 12.8 Å². The summed E-state index contributed by atoms with van der Waals surface area (Å²) in [6, 6.07) is 4.07. The van der Waals surface area contributed by atoms with Crippen molar-refractivity contribution in [2.45, 2.75) is 46.3 Å². The molecule has 1 fully saturated rings. The average molecular weight is 394 g/mol. The molecule has 0 N–H and O–H groups in total. The monoisotopic (exact) mass is 393 g/mol. The number of halogens is 1. The summed E-state index contributed by atoms with van der Waals surface area (Å²) in [7, 11) is 0. The lowest BCUT2D eigenvalue weighted by atomic mass is 10.1. The molecule has 0 unspecified atom stereocenters. The van der Waals surface area contributed by atoms with Crippen molar-refractivity contribution in [1.29, 1.82) is 0 Å². The average Bonchev–Trinajstić information content (AvgIpc) is 3.09. The first kappa shape index (κ1) is 17.3. The standard InChI is InChI=1S/C18H24BrN3O2/c1-12-14-11-22(20-16(14)6-5-15(12)19)10-13-7-8-21(9-13)17(23)24-18(2,3)4/h5-6,11,13H,7-10H2,1-4H3/t13-/m1/s1. The molecule has 0 radical (unpaired) electrons. The van der Waals surface area contributed by atoms with Crippen LogP contribution in [0.15, 0.2) is 22.8 Å². The molecule has 1 aliphatic rings. The van der Waals surface area contributed by atoms with Crippen LogP contribution >= 0.6 is 15.9 Å². The molecule has 2 heterocycles. The van der Waals surface area contributed by atoms with Gasteiger partial charge in [0.15, 0.2) is 0 Å². The highest BCUT2D eigenvalue weighted by Gasteiger charge is 2.30. The molecule has 3 rings (SSSR count). The quantitative estimate of drug-likeness (QED) is 0.760. The number of fused-ring (bicyclic) bond motifs is 1. The zero-order valence-corrected chi connectivity index (χ0v) is 16.3. The summed E-state index contributed by atoms with van der Waals surface area (Å²) in [6.45, 7) is 10.1. The predicted molar refractivity (Wildman–Crippen MR) is 98.1 cm³/mol. The molecule has 24 heavy (non-hydrogen) atoms. The van der Waals surface area contributed by atoms with E-state index < -0.39 is 5.60 Å². The lowest BCUT2D eigenvalue weighted by Gasteiger charge is -2.24. The van der Waals surface area contributed by atoms with Crippen LogP contribution < -0.4 is 0 Å². The maximum absolute atomic E-state index is 12.2. The van der Waals surface area contributed by atoms with Gasteiger partial charge in [-0.25, -0.2) is 4.79 Å². The van der Waals surface area contributed by atoms with Gasteiger partial charge in [0.1, 0.15) is 5.60 Å². The molecule has 0 saturated carbocycles. The SMILES string of the molecule is Cc1c(Br)ccc2nn(C[C@@H]3CCN(C(=O)OC(C)(C)C)C3)cc12. The lowest BCUT2D eigenvalue weighted by Crippen LogP contribution is -2.35. The van der Waals surface area contributed by atoms with E-state index in [0.717, 1.165) is 36.0 Å². The number of rotatable bonds is 2. The first-order valence-electron chi connectivity index (χ1n) is 8.33. The molecule has 1 saturated heterocycles. The Bertz CT molecular complexity index is 763. The number of carbonyl (C=O) groups is 1. The summed E-state index contributed by atoms with van der Waals surface area (Å²) in [5, 5.41) is 5.84. The number of aryl methyl sites for hydroxylation is 1. The van der Waals surface area contributed by atoms with Crippen LogP contribution in [0.3, 0.4) is 0 Å². The Morgan fingerprint density at radius 3 is 2.88 bits per heavy atom. The molecular formula is C18H24BrN3O2. The van der Waals surface area contributed by atoms with Gasteiger partial charge in [-0.3, -0.25) is 4.68 Å². The first-order chi connectivity index (χ1) is 11.2. The fourth-order valence-electron chi connectivity index (χ4n) is 3.09. The molecule has 1 aliphatic heterocycles. The number of amides is 1. The van der Waals surface area contributed by atoms with Gasteiger partial charge in [0.05, 0.1) is 5.52 Å². The summed E-state index contributed by atoms with van der Waals surface area (Å²) >= 11 is 3.57. The highest BCUT2D eigenvalue weighted by Crippen LogP contribution is 2.26. The van der Waals surface area contributed by atoms with Crippen LogP contribution in [0.2, 0.25) is 0 Å². The molecule has 1 amide bonds. The van der Waals surface area contributed by atoms with Crippen molar-refractivity contribution >= 4 is 32.9 Å². The van der Waals surface area contributed by atoms with Crippen molar-refractivity contribution in [1.82, 2.24) is 14.7 Å². The summed E-state index contributed by atoms with van der Waals surface area (Å²) < 4.78 is 8.57. The van der Waals surface area contributed by atoms with Crippen molar-refractivity contribution in [3.8, 4) is 0 Å². The molecule has 2 aromatic rings. The van der Waals surface area contributed by atoms with Gasteiger partial charge in [0, 0.05) is 35.7 Å². The van der Waals surface area contributed by atoms with Gasteiger partial charge in [0.2, 0.25) is 0 Å². The Hall–Kier alpha value is -1.56. The van der Waals surface area contributed by atoms with E-state index >= 15 is 0 Å². The lowest BCUT2D eigenvalue weighted by molar-refractivity contribution is 0.0287. The van der Waals surface area contributed by atoms with E-state index in [1.165, 1.54) is 10.9 Å². The van der Waals surface area contributed by atoms with E-state index in [4.69, 9.17) is 4.74 Å². The zero-order chi connectivity index (χ0) is 17.5. The highest BCUT2D eigenvalue weighted by molar-refractivity contribution is 9.10. The minimum absolute atomic E-state index is 0.213. The third-order valence-corrected chi connectivity index (χ3v) is 5.18. The van der Waals surface area contributed by atoms with E-state index in [1.807, 2.05) is 37.6 Å². The number of likely N-dealkylation sites (tertiary alicyclic amines) is 1. The second-order valence-electron chi connectivity index (χ2n) is 7.54. The van der Waals surface area contributed by atoms with Crippen LogP contribution in [0.1, 0.15) is 32.8 Å². The van der Waals surface area contributed by atoms with Gasteiger partial charge in [-0.15, -0.1) is 0 Å². The van der Waals surface area contributed by atoms with Crippen molar-refractivity contribution in [3.05, 3.63) is 28.4 Å². The molecule has 6 heteroatoms. The van der Waals surface area contributed by atoms with Gasteiger partial charge < -0.3 is 9.64 Å². The third kappa shape index (κ3) is 3.74. The van der Waals surface area contributed by atoms with Crippen molar-refractivity contribution in [2.24, 2.45) is 5.92 Å². The molecule has 0 spiro atoms. The smallest absolute Gasteiger partial charge is 0.410 e. The Labute approximate surface area is 151 Å². The van der Waals surface area contributed by atoms with E-state index in [1.54, 1.807) is 4.90 Å². The number of hydrogen-bond donors (Lipinski definition) is 0. The van der Waals surface area contributed by atoms with Crippen molar-refractivity contribution in [2.75, 3.05) is 13.1 Å². The molecule has 1 aromatic heterocycles. The fraction of sp³-hybridized carbons (Fsp3) is 0.556. The van der Waals surface area contributed by atoms with E-state index in [0.29, 0.717) is 5.92 Å². The minimum atomic E-state index is -0.445. The number of nitrogens with zero attached hydrogens (tertiary/aromatic N) is 3. The number of ether oxygens (including phenoxy) is 1. The Balaban J connectivity index is 1.65. The summed E-state index contributed by atoms with van der Waals surface area (Å²) in [5.74, 6) is 0.413. The van der Waals surface area contributed by atoms with Gasteiger partial charge in [-0.1, -0.05) is 15.9 Å². The van der Waals surface area contributed by atoms with Gasteiger partial charge >= 0.3 is 6.09 Å². The Kier molecular flexibility index (Phi) is 4.60. The Morgan fingerprint density at radius 1 is 1.42 bits per heavy atom. The molecule has 0 bridgehead atoms. The molecule has 0 aliphatic carbocycles. The van der Waals surface area contributed by atoms with Crippen molar-refractivity contribution < 1.29 is 9.53 Å². The number of aromatic nitrogens is 2. The maximum atomic E-state index is 12.2. The molecular weight excluding hydrogens is 370 g/mol. The normalized spacial score (nSPS) is 18.4. The highest BCUT2D eigenvalue weighted by atomic mass is 79.9. The van der Waals surface area contributed by atoms with Crippen LogP contribution in [0.5, 0.6) is 0 Å². The number of hydrogen-bond acceptors (Lipinski definition) is 3. The largest absolute Gasteiger partial charge is 0.444 e. The van der Waals surface area contributed by atoms with Gasteiger partial charge in [-0.05, 0) is 57.7 Å². The van der Waals surface area contributed by atoms with Gasteiger partial charge in [-0.2, -0.15) is 5.10 Å². The zero-order valence-electron chi connectivity index (χ0n) is 14.7. The maximum Gasteiger partial charge on any atom is 0.410 e. The number of benzene rings is 1. The molecule has 1 atom stereocenters. The minimum Gasteiger partial charge on any atom is -0.444 e. The fourth-order valence-corrected chi connectivity index (χ4v) is 3.43. The third-order valence-electron chi connectivity index (χ3n) is 4.32. The Morgan fingerprint density at radius 2 is 2.17 bits per heavy atom. The van der Waals surface area contributed by atoms with E-state index in [-0.39, 0.29) is 6.09 Å². The summed E-state index contributed by atoms with van der Waals surface area (Å²) in [5.41, 5.74) is 1.78. The van der Waals surface area contributed by atoms with Crippen LogP contribution in [-0.4, -0.2) is 39.5 Å². The van der Waals surface area contributed by atoms with E-state index in [9.17, 15) is 4.79 Å². The van der Waals surface area contributed by atoms with Crippen LogP contribution in [-0.2, 0) is 11.3 Å². The molecule has 1 aromatic carbocycles. The topological polar surface area (TPSA) is 47.4 Å². The molecule has 130 valence electrons. The number of carbonyl (C=O) groups excluding carboxylic acids is 1. The summed E-state index contributed by atoms with van der Waals surface area (Å²) in [6.07, 6.45) is 2.87. The van der Waals surface area contributed by atoms with Gasteiger partial charge in [0.25, 0.3) is 0 Å². The van der Waals surface area contributed by atoms with Crippen LogP contribution in [0.25, 0.3) is 10.9 Å². The predicted octanol–water partition coefficient (Wildman–Crippen LogP) is 4.36. The van der Waals surface area contributed by atoms with Crippen LogP contribution in [0.4, 0.5) is 4.79 Å². The second-order valence-corrected chi connectivity index (χ2v) is 8.39. The molecule has 5 nitrogen and oxygen atoms in total. The summed E-state index contributed by atoms with van der Waals surface area (Å²) in [4.78, 5) is 14.0. The first-order valence-corrected chi connectivity index (χ1v) is 9.12. The second kappa shape index (κ2) is 6.39. The van der Waals surface area contributed by atoms with Crippen molar-refractivity contribution in [3.63, 3.8) is 0 Å².